The number of anilines is 3. The number of hydrogen-bond donors (Lipinski definition) is 4. The van der Waals surface area contributed by atoms with Crippen LogP contribution in [0, 0.1) is 0 Å². The van der Waals surface area contributed by atoms with Gasteiger partial charge in [0.1, 0.15) is 5.82 Å². The highest BCUT2D eigenvalue weighted by atomic mass is 32.1. The number of aromatic nitrogens is 1. The predicted molar refractivity (Wildman–Crippen MR) is 121 cm³/mol. The first-order valence-electron chi connectivity index (χ1n) is 9.28. The fourth-order valence-corrected chi connectivity index (χ4v) is 4.55. The molecule has 0 spiro atoms. The van der Waals surface area contributed by atoms with Gasteiger partial charge in [-0.15, -0.1) is 11.3 Å². The van der Waals surface area contributed by atoms with Gasteiger partial charge in [-0.05, 0) is 40.8 Å². The molecule has 0 radical (unpaired) electrons. The second kappa shape index (κ2) is 8.11. The van der Waals surface area contributed by atoms with E-state index in [1.54, 1.807) is 6.20 Å². The summed E-state index contributed by atoms with van der Waals surface area (Å²) in [5.41, 5.74) is 22.3. The molecule has 152 valence electrons. The topological polar surface area (TPSA) is 131 Å². The highest BCUT2D eigenvalue weighted by Crippen LogP contribution is 2.39. The highest BCUT2D eigenvalue weighted by molar-refractivity contribution is 7.18. The number of rotatable bonds is 5. The fourth-order valence-electron chi connectivity index (χ4n) is 3.46. The van der Waals surface area contributed by atoms with E-state index in [0.29, 0.717) is 23.7 Å². The highest BCUT2D eigenvalue weighted by Gasteiger charge is 2.17. The number of primary amides is 1. The van der Waals surface area contributed by atoms with E-state index in [2.05, 4.69) is 4.98 Å². The van der Waals surface area contributed by atoms with Crippen molar-refractivity contribution in [1.29, 1.82) is 0 Å². The summed E-state index contributed by atoms with van der Waals surface area (Å²) in [6, 6.07) is 14.3. The Morgan fingerprint density at radius 3 is 2.57 bits per heavy atom. The van der Waals surface area contributed by atoms with Gasteiger partial charge in [0.15, 0.2) is 0 Å². The summed E-state index contributed by atoms with van der Waals surface area (Å²) >= 11 is 1.51. The number of carbonyl (C=O) groups is 1. The average molecular weight is 420 g/mol. The Morgan fingerprint density at radius 2 is 1.90 bits per heavy atom. The largest absolute Gasteiger partial charge is 0.392 e. The third-order valence-electron chi connectivity index (χ3n) is 4.93. The molecule has 2 amide bonds. The number of thiophene rings is 1. The van der Waals surface area contributed by atoms with E-state index in [9.17, 15) is 9.90 Å². The van der Waals surface area contributed by atoms with Gasteiger partial charge in [0.2, 0.25) is 0 Å². The van der Waals surface area contributed by atoms with Gasteiger partial charge in [0.05, 0.1) is 18.0 Å². The molecule has 2 heterocycles. The Bertz CT molecular complexity index is 1220. The molecule has 4 aromatic rings. The summed E-state index contributed by atoms with van der Waals surface area (Å²) in [5, 5.41) is 12.4. The number of benzene rings is 2. The molecule has 2 aromatic heterocycles. The summed E-state index contributed by atoms with van der Waals surface area (Å²) < 4.78 is 0.918. The second-order valence-corrected chi connectivity index (χ2v) is 7.65. The Kier molecular flexibility index (Phi) is 5.37. The zero-order valence-corrected chi connectivity index (χ0v) is 16.9. The minimum absolute atomic E-state index is 0.0991. The number of pyridine rings is 1. The van der Waals surface area contributed by atoms with Crippen LogP contribution in [0.25, 0.3) is 21.2 Å². The van der Waals surface area contributed by atoms with Gasteiger partial charge in [0.25, 0.3) is 0 Å². The van der Waals surface area contributed by atoms with Crippen molar-refractivity contribution in [2.75, 3.05) is 10.6 Å². The molecule has 30 heavy (non-hydrogen) atoms. The molecular weight excluding hydrogens is 398 g/mol. The molecule has 4 rings (SSSR count). The third kappa shape index (κ3) is 3.48. The minimum Gasteiger partial charge on any atom is -0.392 e. The van der Waals surface area contributed by atoms with E-state index in [0.717, 1.165) is 32.3 Å². The number of amides is 2. The normalized spacial score (nSPS) is 11.0. The minimum atomic E-state index is -0.584. The quantitative estimate of drug-likeness (QED) is 0.391. The summed E-state index contributed by atoms with van der Waals surface area (Å²) in [6.45, 7) is 0.272. The molecule has 0 aliphatic heterocycles. The van der Waals surface area contributed by atoms with Gasteiger partial charge in [0, 0.05) is 34.0 Å². The lowest BCUT2D eigenvalue weighted by atomic mass is 10.0. The summed E-state index contributed by atoms with van der Waals surface area (Å²) in [6.07, 6.45) is 1.60. The molecule has 0 aliphatic carbocycles. The van der Waals surface area contributed by atoms with Gasteiger partial charge < -0.3 is 22.3 Å². The third-order valence-corrected chi connectivity index (χ3v) is 5.99. The maximum atomic E-state index is 12.2. The molecule has 7 nitrogen and oxygen atoms in total. The standard InChI is InChI=1S/C22H21N5O2S/c23-9-13-2-1-3-17(8-13)27(22(25)29)16-6-4-14(5-7-16)18-12-30-20-15(11-28)10-26-21(24)19(18)20/h1-8,10,12,28H,9,11,23H2,(H2,24,26)(H2,25,29). The molecule has 0 fully saturated rings. The van der Waals surface area contributed by atoms with E-state index in [1.807, 2.05) is 53.9 Å². The zero-order valence-electron chi connectivity index (χ0n) is 16.1. The van der Waals surface area contributed by atoms with Crippen LogP contribution in [0.3, 0.4) is 0 Å². The lowest BCUT2D eigenvalue weighted by Crippen LogP contribution is -2.31. The van der Waals surface area contributed by atoms with Crippen LogP contribution in [-0.4, -0.2) is 16.1 Å². The molecule has 0 unspecified atom stereocenters. The molecule has 0 bridgehead atoms. The van der Waals surface area contributed by atoms with Crippen LogP contribution in [0.2, 0.25) is 0 Å². The molecule has 7 N–H and O–H groups in total. The van der Waals surface area contributed by atoms with Gasteiger partial charge in [-0.25, -0.2) is 9.78 Å². The van der Waals surface area contributed by atoms with Crippen LogP contribution in [0.5, 0.6) is 0 Å². The van der Waals surface area contributed by atoms with Crippen molar-refractivity contribution in [2.45, 2.75) is 13.2 Å². The first kappa shape index (κ1) is 19.8. The number of urea groups is 1. The fraction of sp³-hybridized carbons (Fsp3) is 0.0909. The van der Waals surface area contributed by atoms with E-state index in [1.165, 1.54) is 16.2 Å². The Hall–Kier alpha value is -3.46. The number of aliphatic hydroxyl groups is 1. The number of carbonyl (C=O) groups excluding carboxylic acids is 1. The lowest BCUT2D eigenvalue weighted by molar-refractivity contribution is 0.256. The van der Waals surface area contributed by atoms with Gasteiger partial charge >= 0.3 is 6.03 Å². The van der Waals surface area contributed by atoms with E-state index >= 15 is 0 Å². The number of hydrogen-bond acceptors (Lipinski definition) is 6. The summed E-state index contributed by atoms with van der Waals surface area (Å²) in [4.78, 5) is 17.8. The van der Waals surface area contributed by atoms with Crippen LogP contribution >= 0.6 is 11.3 Å². The van der Waals surface area contributed by atoms with Crippen molar-refractivity contribution >= 4 is 44.6 Å². The summed E-state index contributed by atoms with van der Waals surface area (Å²) in [5.74, 6) is 0.417. The van der Waals surface area contributed by atoms with Crippen molar-refractivity contribution in [3.63, 3.8) is 0 Å². The van der Waals surface area contributed by atoms with Crippen LogP contribution in [0.4, 0.5) is 22.0 Å². The SMILES string of the molecule is NCc1cccc(N(C(N)=O)c2ccc(-c3csc4c(CO)cnc(N)c34)cc2)c1. The molecule has 2 aromatic carbocycles. The number of fused-ring (bicyclic) bond motifs is 1. The van der Waals surface area contributed by atoms with Crippen molar-refractivity contribution in [3.8, 4) is 11.1 Å². The average Bonchev–Trinajstić information content (AvgIpc) is 3.21. The van der Waals surface area contributed by atoms with E-state index in [-0.39, 0.29) is 6.61 Å². The zero-order chi connectivity index (χ0) is 21.3. The molecule has 8 heteroatoms. The number of nitrogens with zero attached hydrogens (tertiary/aromatic N) is 2. The Balaban J connectivity index is 1.75. The molecule has 0 aliphatic rings. The van der Waals surface area contributed by atoms with Crippen LogP contribution in [0.15, 0.2) is 60.1 Å². The van der Waals surface area contributed by atoms with Gasteiger partial charge in [-0.1, -0.05) is 24.3 Å². The molecule has 0 saturated heterocycles. The van der Waals surface area contributed by atoms with Crippen molar-refractivity contribution in [1.82, 2.24) is 4.98 Å². The molecular formula is C22H21N5O2S. The molecule has 0 saturated carbocycles. The monoisotopic (exact) mass is 419 g/mol. The predicted octanol–water partition coefficient (Wildman–Crippen LogP) is 3.71. The van der Waals surface area contributed by atoms with Crippen LogP contribution in [-0.2, 0) is 13.2 Å². The first-order valence-corrected chi connectivity index (χ1v) is 10.2. The molecule has 0 atom stereocenters. The van der Waals surface area contributed by atoms with E-state index < -0.39 is 6.03 Å². The lowest BCUT2D eigenvalue weighted by Gasteiger charge is -2.21. The van der Waals surface area contributed by atoms with Crippen LogP contribution in [0.1, 0.15) is 11.1 Å². The van der Waals surface area contributed by atoms with Crippen molar-refractivity contribution in [3.05, 3.63) is 71.2 Å². The van der Waals surface area contributed by atoms with Gasteiger partial charge in [-0.3, -0.25) is 4.90 Å². The number of aliphatic hydroxyl groups excluding tert-OH is 1. The number of nitrogens with two attached hydrogens (primary N) is 3. The maximum Gasteiger partial charge on any atom is 0.323 e. The smallest absolute Gasteiger partial charge is 0.323 e. The number of nitrogen functional groups attached to an aromatic ring is 1. The van der Waals surface area contributed by atoms with Crippen molar-refractivity contribution < 1.29 is 9.90 Å². The second-order valence-electron chi connectivity index (χ2n) is 6.77. The summed E-state index contributed by atoms with van der Waals surface area (Å²) in [7, 11) is 0. The maximum absolute atomic E-state index is 12.2. The van der Waals surface area contributed by atoms with Crippen LogP contribution < -0.4 is 22.1 Å². The first-order chi connectivity index (χ1) is 14.5. The van der Waals surface area contributed by atoms with Crippen molar-refractivity contribution in [2.24, 2.45) is 11.5 Å². The Morgan fingerprint density at radius 1 is 1.13 bits per heavy atom. The van der Waals surface area contributed by atoms with Gasteiger partial charge in [-0.2, -0.15) is 0 Å². The van der Waals surface area contributed by atoms with E-state index in [4.69, 9.17) is 17.2 Å². The Labute approximate surface area is 177 Å².